The molecule has 0 amide bonds. The highest BCUT2D eigenvalue weighted by Crippen LogP contribution is 2.38. The average Bonchev–Trinajstić information content (AvgIpc) is 3.23. The minimum absolute atomic E-state index is 0.0234. The van der Waals surface area contributed by atoms with Gasteiger partial charge in [-0.1, -0.05) is 18.9 Å². The molecule has 1 aliphatic heterocycles. The normalized spacial score (nSPS) is 16.4. The van der Waals surface area contributed by atoms with E-state index in [0.717, 1.165) is 48.5 Å². The van der Waals surface area contributed by atoms with Gasteiger partial charge in [-0.25, -0.2) is 0 Å². The van der Waals surface area contributed by atoms with Crippen LogP contribution < -0.4 is 5.32 Å². The van der Waals surface area contributed by atoms with Gasteiger partial charge in [0.1, 0.15) is 10.6 Å². The summed E-state index contributed by atoms with van der Waals surface area (Å²) in [4.78, 5) is 9.54. The second kappa shape index (κ2) is 6.81. The number of aromatic nitrogens is 5. The van der Waals surface area contributed by atoms with E-state index >= 15 is 0 Å². The highest BCUT2D eigenvalue weighted by Gasteiger charge is 2.26. The third-order valence-corrected chi connectivity index (χ3v) is 6.00. The Morgan fingerprint density at radius 3 is 3.00 bits per heavy atom. The summed E-state index contributed by atoms with van der Waals surface area (Å²) < 4.78 is 1.73. The van der Waals surface area contributed by atoms with Crippen LogP contribution in [0.15, 0.2) is 0 Å². The molecular weight excluding hydrogens is 338 g/mol. The number of hydrogen-bond donors (Lipinski definition) is 2. The van der Waals surface area contributed by atoms with Crippen LogP contribution in [0.4, 0.5) is 5.82 Å². The van der Waals surface area contributed by atoms with Crippen molar-refractivity contribution in [2.75, 3.05) is 25.0 Å². The Morgan fingerprint density at radius 2 is 2.24 bits per heavy atom. The molecule has 8 nitrogen and oxygen atoms in total. The van der Waals surface area contributed by atoms with Crippen LogP contribution in [-0.2, 0) is 13.0 Å². The van der Waals surface area contributed by atoms with E-state index in [1.165, 1.54) is 16.9 Å². The Hall–Kier alpha value is -1.84. The molecule has 0 radical (unpaired) electrons. The third-order valence-electron chi connectivity index (χ3n) is 4.81. The van der Waals surface area contributed by atoms with Crippen LogP contribution in [0.5, 0.6) is 0 Å². The zero-order valence-corrected chi connectivity index (χ0v) is 15.4. The predicted octanol–water partition coefficient (Wildman–Crippen LogP) is 1.68. The van der Waals surface area contributed by atoms with Crippen molar-refractivity contribution in [3.8, 4) is 0 Å². The van der Waals surface area contributed by atoms with E-state index < -0.39 is 0 Å². The van der Waals surface area contributed by atoms with Crippen molar-refractivity contribution in [1.29, 1.82) is 0 Å². The van der Waals surface area contributed by atoms with Crippen LogP contribution in [0.25, 0.3) is 16.0 Å². The largest absolute Gasteiger partial charge is 0.394 e. The fourth-order valence-corrected chi connectivity index (χ4v) is 4.79. The van der Waals surface area contributed by atoms with Crippen molar-refractivity contribution in [2.45, 2.75) is 45.7 Å². The predicted molar refractivity (Wildman–Crippen MR) is 98.0 cm³/mol. The molecule has 0 saturated carbocycles. The molecule has 4 rings (SSSR count). The number of aliphatic hydroxyl groups excluding tert-OH is 1. The summed E-state index contributed by atoms with van der Waals surface area (Å²) in [6, 6.07) is -0.0234. The molecule has 0 aromatic carbocycles. The zero-order chi connectivity index (χ0) is 17.4. The van der Waals surface area contributed by atoms with Gasteiger partial charge in [-0.15, -0.1) is 11.3 Å². The number of rotatable bonds is 6. The number of aliphatic hydroxyl groups is 1. The number of tetrazole rings is 1. The van der Waals surface area contributed by atoms with Crippen molar-refractivity contribution < 1.29 is 5.11 Å². The smallest absolute Gasteiger partial charge is 0.276 e. The van der Waals surface area contributed by atoms with Crippen LogP contribution in [0.1, 0.15) is 37.1 Å². The SMILES string of the molecule is CCCN1CCc2c(sc3c2c(N[C@H](CC)CO)nc2nnnn23)C1. The molecule has 0 fully saturated rings. The maximum absolute atomic E-state index is 9.58. The minimum Gasteiger partial charge on any atom is -0.394 e. The first-order valence-corrected chi connectivity index (χ1v) is 9.68. The van der Waals surface area contributed by atoms with Crippen molar-refractivity contribution in [3.05, 3.63) is 10.4 Å². The van der Waals surface area contributed by atoms with Crippen LogP contribution in [0.3, 0.4) is 0 Å². The molecule has 0 spiro atoms. The van der Waals surface area contributed by atoms with E-state index in [-0.39, 0.29) is 12.6 Å². The summed E-state index contributed by atoms with van der Waals surface area (Å²) >= 11 is 1.76. The lowest BCUT2D eigenvalue weighted by Crippen LogP contribution is -2.30. The quantitative estimate of drug-likeness (QED) is 0.690. The van der Waals surface area contributed by atoms with Crippen molar-refractivity contribution in [3.63, 3.8) is 0 Å². The highest BCUT2D eigenvalue weighted by atomic mass is 32.1. The summed E-state index contributed by atoms with van der Waals surface area (Å²) in [5.41, 5.74) is 1.35. The molecule has 4 heterocycles. The maximum Gasteiger partial charge on any atom is 0.276 e. The second-order valence-electron chi connectivity index (χ2n) is 6.49. The number of nitrogens with one attached hydrogen (secondary N) is 1. The summed E-state index contributed by atoms with van der Waals surface area (Å²) in [5.74, 6) is 1.28. The van der Waals surface area contributed by atoms with Gasteiger partial charge in [-0.05, 0) is 41.8 Å². The molecule has 0 aliphatic carbocycles. The van der Waals surface area contributed by atoms with Crippen molar-refractivity contribution in [2.24, 2.45) is 0 Å². The van der Waals surface area contributed by atoms with Gasteiger partial charge in [0.25, 0.3) is 5.78 Å². The Morgan fingerprint density at radius 1 is 1.36 bits per heavy atom. The molecule has 25 heavy (non-hydrogen) atoms. The lowest BCUT2D eigenvalue weighted by molar-refractivity contribution is 0.258. The Kier molecular flexibility index (Phi) is 4.53. The summed E-state index contributed by atoms with van der Waals surface area (Å²) in [6.45, 7) is 7.51. The van der Waals surface area contributed by atoms with Gasteiger partial charge in [-0.3, -0.25) is 4.90 Å². The summed E-state index contributed by atoms with van der Waals surface area (Å²) in [6.07, 6.45) is 3.00. The van der Waals surface area contributed by atoms with Gasteiger partial charge >= 0.3 is 0 Å². The number of anilines is 1. The highest BCUT2D eigenvalue weighted by molar-refractivity contribution is 7.19. The fraction of sp³-hybridized carbons (Fsp3) is 0.625. The monoisotopic (exact) mass is 361 g/mol. The van der Waals surface area contributed by atoms with Gasteiger partial charge < -0.3 is 10.4 Å². The van der Waals surface area contributed by atoms with E-state index in [0.29, 0.717) is 5.78 Å². The van der Waals surface area contributed by atoms with E-state index in [1.54, 1.807) is 15.9 Å². The zero-order valence-electron chi connectivity index (χ0n) is 14.6. The van der Waals surface area contributed by atoms with Crippen molar-refractivity contribution >= 4 is 33.1 Å². The number of nitrogens with zero attached hydrogens (tertiary/aromatic N) is 6. The standard InChI is InChI=1S/C16H23N7OS/c1-3-6-22-7-5-11-12(8-22)25-15-13(11)14(17-10(4-2)9-24)18-16-19-20-21-23(15)16/h10,24H,3-9H2,1-2H3,(H,17,18,19,21)/t10-/m1/s1. The molecule has 0 unspecified atom stereocenters. The average molecular weight is 361 g/mol. The number of fused-ring (bicyclic) bond motifs is 5. The Labute approximate surface area is 149 Å². The molecule has 134 valence electrons. The van der Waals surface area contributed by atoms with Crippen LogP contribution >= 0.6 is 11.3 Å². The number of thiophene rings is 1. The molecule has 1 aliphatic rings. The molecule has 9 heteroatoms. The van der Waals surface area contributed by atoms with Crippen molar-refractivity contribution in [1.82, 2.24) is 29.9 Å². The maximum atomic E-state index is 9.58. The van der Waals surface area contributed by atoms with Gasteiger partial charge in [0.05, 0.1) is 18.0 Å². The fourth-order valence-electron chi connectivity index (χ4n) is 3.46. The molecule has 0 saturated heterocycles. The van der Waals surface area contributed by atoms with E-state index in [4.69, 9.17) is 0 Å². The Balaban J connectivity index is 1.86. The van der Waals surface area contributed by atoms with Crippen LogP contribution in [0, 0.1) is 0 Å². The van der Waals surface area contributed by atoms with Crippen LogP contribution in [-0.4, -0.2) is 60.8 Å². The molecule has 2 N–H and O–H groups in total. The van der Waals surface area contributed by atoms with E-state index in [2.05, 4.69) is 37.6 Å². The van der Waals surface area contributed by atoms with Crippen LogP contribution in [0.2, 0.25) is 0 Å². The number of hydrogen-bond acceptors (Lipinski definition) is 8. The lowest BCUT2D eigenvalue weighted by atomic mass is 10.0. The van der Waals surface area contributed by atoms with Gasteiger partial charge in [-0.2, -0.15) is 9.50 Å². The van der Waals surface area contributed by atoms with E-state index in [1.807, 2.05) is 6.92 Å². The first kappa shape index (κ1) is 16.6. The van der Waals surface area contributed by atoms with Gasteiger partial charge in [0.2, 0.25) is 0 Å². The van der Waals surface area contributed by atoms with Gasteiger partial charge in [0.15, 0.2) is 0 Å². The first-order chi connectivity index (χ1) is 12.2. The minimum atomic E-state index is -0.0234. The summed E-state index contributed by atoms with van der Waals surface area (Å²) in [5, 5.41) is 26.0. The lowest BCUT2D eigenvalue weighted by Gasteiger charge is -2.26. The molecule has 3 aromatic rings. The van der Waals surface area contributed by atoms with Gasteiger partial charge in [0, 0.05) is 18.0 Å². The first-order valence-electron chi connectivity index (χ1n) is 8.87. The molecule has 1 atom stereocenters. The summed E-state index contributed by atoms with van der Waals surface area (Å²) in [7, 11) is 0. The molecule has 3 aromatic heterocycles. The molecule has 0 bridgehead atoms. The van der Waals surface area contributed by atoms with E-state index in [9.17, 15) is 5.11 Å². The topological polar surface area (TPSA) is 91.5 Å². The Bertz CT molecular complexity index is 885. The third kappa shape index (κ3) is 2.86. The second-order valence-corrected chi connectivity index (χ2v) is 7.58. The molecular formula is C16H23N7OS.